The van der Waals surface area contributed by atoms with E-state index in [9.17, 15) is 4.79 Å². The van der Waals surface area contributed by atoms with Gasteiger partial charge in [0.1, 0.15) is 6.10 Å². The van der Waals surface area contributed by atoms with Crippen LogP contribution in [0.1, 0.15) is 112 Å². The van der Waals surface area contributed by atoms with Gasteiger partial charge in [0.2, 0.25) is 0 Å². The molecule has 0 N–H and O–H groups in total. The van der Waals surface area contributed by atoms with Crippen LogP contribution in [0.15, 0.2) is 23.8 Å². The Morgan fingerprint density at radius 1 is 0.969 bits per heavy atom. The molecule has 4 aliphatic rings. The van der Waals surface area contributed by atoms with Crippen LogP contribution in [0.3, 0.4) is 0 Å². The highest BCUT2D eigenvalue weighted by Gasteiger charge is 2.66. The van der Waals surface area contributed by atoms with E-state index in [0.29, 0.717) is 16.2 Å². The minimum Gasteiger partial charge on any atom is -0.463 e. The molecule has 2 heteroatoms. The molecule has 0 aliphatic heterocycles. The number of carbonyl (C=O) groups is 1. The number of ether oxygens (including phenoxy) is 1. The Hall–Kier alpha value is -1.05. The maximum Gasteiger partial charge on any atom is 0.302 e. The van der Waals surface area contributed by atoms with E-state index in [1.165, 1.54) is 62.5 Å². The fraction of sp³-hybridized carbons (Fsp3) is 0.833. The summed E-state index contributed by atoms with van der Waals surface area (Å²) in [7, 11) is 0. The largest absolute Gasteiger partial charge is 0.463 e. The summed E-state index contributed by atoms with van der Waals surface area (Å²) in [5.74, 6) is 2.98. The molecule has 4 saturated carbocycles. The lowest BCUT2D eigenvalue weighted by atomic mass is 9.37. The van der Waals surface area contributed by atoms with Crippen molar-refractivity contribution in [3.8, 4) is 0 Å². The smallest absolute Gasteiger partial charge is 0.302 e. The number of hydrogen-bond acceptors (Lipinski definition) is 2. The van der Waals surface area contributed by atoms with Gasteiger partial charge >= 0.3 is 5.97 Å². The molecule has 8 atom stereocenters. The molecule has 0 amide bonds. The number of hydrogen-bond donors (Lipinski definition) is 0. The molecule has 0 radical (unpaired) electrons. The van der Waals surface area contributed by atoms with Gasteiger partial charge in [-0.25, -0.2) is 0 Å². The average Bonchev–Trinajstić information content (AvgIpc) is 3.06. The summed E-state index contributed by atoms with van der Waals surface area (Å²) in [6.45, 7) is 18.6. The zero-order valence-electron chi connectivity index (χ0n) is 21.8. The zero-order chi connectivity index (χ0) is 23.3. The molecule has 0 saturated heterocycles. The molecule has 4 aliphatic carbocycles. The lowest BCUT2D eigenvalue weighted by Crippen LogP contribution is -2.60. The third-order valence-corrected chi connectivity index (χ3v) is 11.3. The highest BCUT2D eigenvalue weighted by molar-refractivity contribution is 5.66. The summed E-state index contributed by atoms with van der Waals surface area (Å²) in [5, 5.41) is 0. The summed E-state index contributed by atoms with van der Waals surface area (Å²) in [5.41, 5.74) is 4.25. The number of rotatable bonds is 5. The van der Waals surface area contributed by atoms with Gasteiger partial charge in [0.15, 0.2) is 0 Å². The lowest BCUT2D eigenvalue weighted by Gasteiger charge is -2.67. The molecule has 2 nitrogen and oxygen atoms in total. The zero-order valence-corrected chi connectivity index (χ0v) is 21.8. The van der Waals surface area contributed by atoms with Crippen LogP contribution in [-0.4, -0.2) is 12.1 Å². The minimum atomic E-state index is -0.103. The molecule has 0 aromatic heterocycles. The number of esters is 1. The van der Waals surface area contributed by atoms with Crippen molar-refractivity contribution in [3.63, 3.8) is 0 Å². The van der Waals surface area contributed by atoms with E-state index in [4.69, 9.17) is 4.74 Å². The van der Waals surface area contributed by atoms with E-state index < -0.39 is 0 Å². The second-order valence-electron chi connectivity index (χ2n) is 12.9. The fourth-order valence-corrected chi connectivity index (χ4v) is 9.42. The van der Waals surface area contributed by atoms with Crippen molar-refractivity contribution in [2.24, 2.45) is 39.9 Å². The Morgan fingerprint density at radius 3 is 2.38 bits per heavy atom. The van der Waals surface area contributed by atoms with Crippen molar-refractivity contribution in [1.82, 2.24) is 0 Å². The summed E-state index contributed by atoms with van der Waals surface area (Å²) >= 11 is 0. The quantitative estimate of drug-likeness (QED) is 0.317. The Labute approximate surface area is 197 Å². The van der Waals surface area contributed by atoms with Crippen LogP contribution in [-0.2, 0) is 9.53 Å². The van der Waals surface area contributed by atoms with Crippen molar-refractivity contribution in [3.05, 3.63) is 23.8 Å². The highest BCUT2D eigenvalue weighted by Crippen LogP contribution is 2.74. The molecule has 4 rings (SSSR count). The molecule has 0 aromatic carbocycles. The Bertz CT molecular complexity index is 776. The lowest BCUT2D eigenvalue weighted by molar-refractivity contribution is -0.193. The summed E-state index contributed by atoms with van der Waals surface area (Å²) in [4.78, 5) is 11.6. The standard InChI is InChI=1S/C30H48O2/c1-20(2)9-8-10-21(3)25-15-18-29(6)26(25)11-12-27-28(5)16-14-24(32-22(4)31)19-23(28)13-17-30(27,29)7/h9,23-27H,3,8,10-19H2,1-2,4-7H3/t23-,24-,25+,26+,27+,28-,29+,30+/m0/s1. The van der Waals surface area contributed by atoms with Gasteiger partial charge in [0.05, 0.1) is 0 Å². The third kappa shape index (κ3) is 3.82. The van der Waals surface area contributed by atoms with Crippen LogP contribution >= 0.6 is 0 Å². The molecule has 4 fully saturated rings. The van der Waals surface area contributed by atoms with Crippen molar-refractivity contribution in [2.75, 3.05) is 0 Å². The van der Waals surface area contributed by atoms with Gasteiger partial charge in [0.25, 0.3) is 0 Å². The van der Waals surface area contributed by atoms with Gasteiger partial charge in [0, 0.05) is 6.92 Å². The minimum absolute atomic E-state index is 0.103. The van der Waals surface area contributed by atoms with Gasteiger partial charge in [-0.15, -0.1) is 0 Å². The highest BCUT2D eigenvalue weighted by atomic mass is 16.5. The monoisotopic (exact) mass is 440 g/mol. The fourth-order valence-electron chi connectivity index (χ4n) is 9.42. The molecule has 32 heavy (non-hydrogen) atoms. The maximum absolute atomic E-state index is 11.6. The van der Waals surface area contributed by atoms with Crippen LogP contribution in [0.4, 0.5) is 0 Å². The molecule has 0 aromatic rings. The number of carbonyl (C=O) groups excluding carboxylic acids is 1. The molecule has 0 unspecified atom stereocenters. The summed E-state index contributed by atoms with van der Waals surface area (Å²) in [6, 6.07) is 0. The number of fused-ring (bicyclic) bond motifs is 5. The van der Waals surface area contributed by atoms with Crippen LogP contribution in [0.2, 0.25) is 0 Å². The van der Waals surface area contributed by atoms with Crippen LogP contribution in [0, 0.1) is 39.9 Å². The molecule has 0 bridgehead atoms. The van der Waals surface area contributed by atoms with Crippen molar-refractivity contribution >= 4 is 5.97 Å². The molecule has 0 heterocycles. The van der Waals surface area contributed by atoms with E-state index in [-0.39, 0.29) is 12.1 Å². The predicted molar refractivity (Wildman–Crippen MR) is 133 cm³/mol. The first-order valence-electron chi connectivity index (χ1n) is 13.5. The van der Waals surface area contributed by atoms with E-state index in [1.54, 1.807) is 6.92 Å². The Morgan fingerprint density at radius 2 is 1.69 bits per heavy atom. The normalized spacial score (nSPS) is 45.2. The van der Waals surface area contributed by atoms with Crippen LogP contribution in [0.25, 0.3) is 0 Å². The van der Waals surface area contributed by atoms with Gasteiger partial charge in [-0.3, -0.25) is 4.79 Å². The van der Waals surface area contributed by atoms with Gasteiger partial charge in [-0.1, -0.05) is 44.6 Å². The van der Waals surface area contributed by atoms with E-state index in [0.717, 1.165) is 42.9 Å². The van der Waals surface area contributed by atoms with Gasteiger partial charge in [-0.05, 0) is 124 Å². The Balaban J connectivity index is 1.51. The third-order valence-electron chi connectivity index (χ3n) is 11.3. The first-order valence-corrected chi connectivity index (χ1v) is 13.5. The van der Waals surface area contributed by atoms with Crippen molar-refractivity contribution in [2.45, 2.75) is 118 Å². The van der Waals surface area contributed by atoms with E-state index >= 15 is 0 Å². The van der Waals surface area contributed by atoms with E-state index in [1.807, 2.05) is 0 Å². The molecule has 0 spiro atoms. The second kappa shape index (κ2) is 8.62. The van der Waals surface area contributed by atoms with Crippen molar-refractivity contribution in [1.29, 1.82) is 0 Å². The van der Waals surface area contributed by atoms with Crippen LogP contribution in [0.5, 0.6) is 0 Å². The number of allylic oxidation sites excluding steroid dienone is 3. The molecular weight excluding hydrogens is 392 g/mol. The summed E-state index contributed by atoms with van der Waals surface area (Å²) in [6.07, 6.45) is 16.4. The van der Waals surface area contributed by atoms with Crippen molar-refractivity contribution < 1.29 is 9.53 Å². The van der Waals surface area contributed by atoms with Crippen LogP contribution < -0.4 is 0 Å². The first kappa shape index (κ1) is 24.1. The average molecular weight is 441 g/mol. The first-order chi connectivity index (χ1) is 15.0. The predicted octanol–water partition coefficient (Wildman–Crippen LogP) is 8.27. The molecule has 180 valence electrons. The SMILES string of the molecule is C=C(CCC=C(C)C)[C@H]1CC[C@]2(C)[C@@H]1CC[C@@H]1[C@@]3(C)CC[C@H](OC(C)=O)C[C@@H]3CC[C@]12C. The summed E-state index contributed by atoms with van der Waals surface area (Å²) < 4.78 is 5.67. The topological polar surface area (TPSA) is 26.3 Å². The maximum atomic E-state index is 11.6. The molecular formula is C30H48O2. The Kier molecular flexibility index (Phi) is 6.49. The van der Waals surface area contributed by atoms with Gasteiger partial charge < -0.3 is 4.74 Å². The van der Waals surface area contributed by atoms with E-state index in [2.05, 4.69) is 47.3 Å². The second-order valence-corrected chi connectivity index (χ2v) is 12.9. The van der Waals surface area contributed by atoms with Gasteiger partial charge in [-0.2, -0.15) is 0 Å².